The first-order chi connectivity index (χ1) is 10.3. The summed E-state index contributed by atoms with van der Waals surface area (Å²) in [5.74, 6) is 0. The number of anilines is 1. The van der Waals surface area contributed by atoms with Gasteiger partial charge in [-0.15, -0.1) is 0 Å². The lowest BCUT2D eigenvalue weighted by atomic mass is 10.1. The minimum Gasteiger partial charge on any atom is -0.380 e. The molecule has 0 saturated carbocycles. The fourth-order valence-electron chi connectivity index (χ4n) is 2.94. The summed E-state index contributed by atoms with van der Waals surface area (Å²) in [4.78, 5) is 6.89. The first-order valence-electron chi connectivity index (χ1n) is 7.76. The van der Waals surface area contributed by atoms with Crippen LogP contribution in [0.3, 0.4) is 0 Å². The predicted octanol–water partition coefficient (Wildman–Crippen LogP) is 3.12. The van der Waals surface area contributed by atoms with Gasteiger partial charge in [-0.05, 0) is 37.5 Å². The van der Waals surface area contributed by atoms with Gasteiger partial charge in [0.15, 0.2) is 0 Å². The zero-order chi connectivity index (χ0) is 14.5. The summed E-state index contributed by atoms with van der Waals surface area (Å²) in [5, 5.41) is 3.63. The van der Waals surface area contributed by atoms with E-state index in [0.717, 1.165) is 25.2 Å². The number of aryl methyl sites for hydroxylation is 1. The summed E-state index contributed by atoms with van der Waals surface area (Å²) in [6.07, 6.45) is 4.20. The van der Waals surface area contributed by atoms with Crippen molar-refractivity contribution >= 4 is 5.69 Å². The molecule has 21 heavy (non-hydrogen) atoms. The van der Waals surface area contributed by atoms with Crippen LogP contribution in [0.5, 0.6) is 0 Å². The molecule has 0 aliphatic carbocycles. The van der Waals surface area contributed by atoms with Crippen LogP contribution in [0.25, 0.3) is 0 Å². The molecule has 1 fully saturated rings. The van der Waals surface area contributed by atoms with Gasteiger partial charge >= 0.3 is 0 Å². The molecule has 1 saturated heterocycles. The number of rotatable bonds is 5. The zero-order valence-electron chi connectivity index (χ0n) is 12.6. The molecule has 1 N–H and O–H groups in total. The first-order valence-corrected chi connectivity index (χ1v) is 7.76. The van der Waals surface area contributed by atoms with Crippen molar-refractivity contribution in [2.45, 2.75) is 25.8 Å². The molecule has 1 aromatic heterocycles. The van der Waals surface area contributed by atoms with E-state index in [1.807, 2.05) is 12.3 Å². The van der Waals surface area contributed by atoms with Crippen LogP contribution >= 0.6 is 0 Å². The Bertz CT molecular complexity index is 568. The minimum atomic E-state index is 0.545. The van der Waals surface area contributed by atoms with Gasteiger partial charge in [-0.25, -0.2) is 0 Å². The third kappa shape index (κ3) is 3.82. The van der Waals surface area contributed by atoms with Crippen LogP contribution in [-0.2, 0) is 6.42 Å². The maximum atomic E-state index is 4.34. The van der Waals surface area contributed by atoms with Gasteiger partial charge in [0.2, 0.25) is 0 Å². The van der Waals surface area contributed by atoms with E-state index in [0.29, 0.717) is 6.04 Å². The van der Waals surface area contributed by atoms with Crippen LogP contribution in [0.1, 0.15) is 17.7 Å². The standard InChI is InChI=1S/C18H23N3/c1-15-18(8-5-11-19-15)20-17-10-13-21(14-17)12-9-16-6-3-2-4-7-16/h2-8,11,17,20H,9-10,12-14H2,1H3. The van der Waals surface area contributed by atoms with Crippen LogP contribution in [0.2, 0.25) is 0 Å². The highest BCUT2D eigenvalue weighted by atomic mass is 15.2. The fourth-order valence-corrected chi connectivity index (χ4v) is 2.94. The van der Waals surface area contributed by atoms with Gasteiger partial charge in [0, 0.05) is 31.9 Å². The van der Waals surface area contributed by atoms with E-state index in [1.165, 1.54) is 24.2 Å². The Balaban J connectivity index is 1.48. The highest BCUT2D eigenvalue weighted by molar-refractivity contribution is 5.47. The highest BCUT2D eigenvalue weighted by Gasteiger charge is 2.22. The molecular formula is C18H23N3. The Morgan fingerprint density at radius 3 is 2.86 bits per heavy atom. The molecule has 1 aliphatic rings. The highest BCUT2D eigenvalue weighted by Crippen LogP contribution is 2.18. The van der Waals surface area contributed by atoms with Gasteiger partial charge in [-0.2, -0.15) is 0 Å². The van der Waals surface area contributed by atoms with Crippen molar-refractivity contribution in [3.05, 3.63) is 59.9 Å². The lowest BCUT2D eigenvalue weighted by Gasteiger charge is -2.18. The topological polar surface area (TPSA) is 28.2 Å². The van der Waals surface area contributed by atoms with Crippen LogP contribution in [0, 0.1) is 6.92 Å². The van der Waals surface area contributed by atoms with Crippen molar-refractivity contribution in [2.75, 3.05) is 25.0 Å². The quantitative estimate of drug-likeness (QED) is 0.912. The monoisotopic (exact) mass is 281 g/mol. The number of hydrogen-bond acceptors (Lipinski definition) is 3. The minimum absolute atomic E-state index is 0.545. The summed E-state index contributed by atoms with van der Waals surface area (Å²) in [6, 6.07) is 15.4. The number of aromatic nitrogens is 1. The molecule has 3 heteroatoms. The molecule has 1 aliphatic heterocycles. The molecule has 0 radical (unpaired) electrons. The summed E-state index contributed by atoms with van der Waals surface area (Å²) in [6.45, 7) is 5.52. The number of pyridine rings is 1. The van der Waals surface area contributed by atoms with Gasteiger partial charge in [0.1, 0.15) is 0 Å². The van der Waals surface area contributed by atoms with Gasteiger partial charge in [-0.1, -0.05) is 30.3 Å². The van der Waals surface area contributed by atoms with E-state index in [9.17, 15) is 0 Å². The average Bonchev–Trinajstić information content (AvgIpc) is 2.96. The third-order valence-electron chi connectivity index (χ3n) is 4.20. The summed E-state index contributed by atoms with van der Waals surface area (Å²) in [7, 11) is 0. The molecular weight excluding hydrogens is 258 g/mol. The Labute approximate surface area is 127 Å². The SMILES string of the molecule is Cc1ncccc1NC1CCN(CCc2ccccc2)C1. The first kappa shape index (κ1) is 14.1. The van der Waals surface area contributed by atoms with Crippen LogP contribution in [0.15, 0.2) is 48.7 Å². The van der Waals surface area contributed by atoms with Crippen molar-refractivity contribution in [1.82, 2.24) is 9.88 Å². The average molecular weight is 281 g/mol. The molecule has 2 heterocycles. The number of hydrogen-bond donors (Lipinski definition) is 1. The van der Waals surface area contributed by atoms with Crippen LogP contribution in [-0.4, -0.2) is 35.6 Å². The molecule has 3 rings (SSSR count). The molecule has 3 nitrogen and oxygen atoms in total. The third-order valence-corrected chi connectivity index (χ3v) is 4.20. The van der Waals surface area contributed by atoms with E-state index in [4.69, 9.17) is 0 Å². The molecule has 1 atom stereocenters. The Morgan fingerprint density at radius 2 is 2.05 bits per heavy atom. The number of nitrogens with one attached hydrogen (secondary N) is 1. The van der Waals surface area contributed by atoms with Crippen molar-refractivity contribution in [3.63, 3.8) is 0 Å². The maximum absolute atomic E-state index is 4.34. The predicted molar refractivity (Wildman–Crippen MR) is 87.6 cm³/mol. The van der Waals surface area contributed by atoms with Gasteiger partial charge in [0.25, 0.3) is 0 Å². The largest absolute Gasteiger partial charge is 0.380 e. The lowest BCUT2D eigenvalue weighted by Crippen LogP contribution is -2.28. The molecule has 0 amide bonds. The molecule has 0 bridgehead atoms. The van der Waals surface area contributed by atoms with Gasteiger partial charge in [-0.3, -0.25) is 4.98 Å². The lowest BCUT2D eigenvalue weighted by molar-refractivity contribution is 0.340. The second-order valence-electron chi connectivity index (χ2n) is 5.80. The maximum Gasteiger partial charge on any atom is 0.0603 e. The summed E-state index contributed by atoms with van der Waals surface area (Å²) < 4.78 is 0. The second-order valence-corrected chi connectivity index (χ2v) is 5.80. The normalized spacial score (nSPS) is 18.8. The number of likely N-dealkylation sites (tertiary alicyclic amines) is 1. The van der Waals surface area contributed by atoms with Crippen molar-refractivity contribution < 1.29 is 0 Å². The molecule has 0 spiro atoms. The van der Waals surface area contributed by atoms with Gasteiger partial charge in [0.05, 0.1) is 11.4 Å². The van der Waals surface area contributed by atoms with E-state index in [-0.39, 0.29) is 0 Å². The molecule has 2 aromatic rings. The van der Waals surface area contributed by atoms with Crippen LogP contribution in [0.4, 0.5) is 5.69 Å². The smallest absolute Gasteiger partial charge is 0.0603 e. The summed E-state index contributed by atoms with van der Waals surface area (Å²) >= 11 is 0. The Hall–Kier alpha value is -1.87. The Morgan fingerprint density at radius 1 is 1.19 bits per heavy atom. The van der Waals surface area contributed by atoms with E-state index >= 15 is 0 Å². The van der Waals surface area contributed by atoms with Crippen molar-refractivity contribution in [1.29, 1.82) is 0 Å². The van der Waals surface area contributed by atoms with E-state index in [1.54, 1.807) is 0 Å². The van der Waals surface area contributed by atoms with E-state index < -0.39 is 0 Å². The number of benzene rings is 1. The van der Waals surface area contributed by atoms with E-state index in [2.05, 4.69) is 58.5 Å². The van der Waals surface area contributed by atoms with Gasteiger partial charge < -0.3 is 10.2 Å². The Kier molecular flexibility index (Phi) is 4.51. The second kappa shape index (κ2) is 6.72. The van der Waals surface area contributed by atoms with Crippen molar-refractivity contribution in [2.24, 2.45) is 0 Å². The molecule has 1 aromatic carbocycles. The molecule has 1 unspecified atom stereocenters. The van der Waals surface area contributed by atoms with Crippen molar-refractivity contribution in [3.8, 4) is 0 Å². The molecule has 110 valence electrons. The zero-order valence-corrected chi connectivity index (χ0v) is 12.6. The summed E-state index contributed by atoms with van der Waals surface area (Å²) in [5.41, 5.74) is 3.68. The van der Waals surface area contributed by atoms with Crippen LogP contribution < -0.4 is 5.32 Å². The fraction of sp³-hybridized carbons (Fsp3) is 0.389. The number of nitrogens with zero attached hydrogens (tertiary/aromatic N) is 2.